The van der Waals surface area contributed by atoms with E-state index in [0.29, 0.717) is 11.6 Å². The van der Waals surface area contributed by atoms with Gasteiger partial charge in [-0.2, -0.15) is 0 Å². The second-order valence-corrected chi connectivity index (χ2v) is 4.64. The van der Waals surface area contributed by atoms with E-state index in [0.717, 1.165) is 5.56 Å². The first kappa shape index (κ1) is 14.3. The van der Waals surface area contributed by atoms with E-state index in [4.69, 9.17) is 0 Å². The van der Waals surface area contributed by atoms with Gasteiger partial charge in [-0.25, -0.2) is 17.6 Å². The average Bonchev–Trinajstić information content (AvgIpc) is 2.57. The van der Waals surface area contributed by atoms with Crippen LogP contribution in [0.5, 0.6) is 0 Å². The molecule has 0 aliphatic rings. The lowest BCUT2D eigenvalue weighted by Gasteiger charge is -2.07. The highest BCUT2D eigenvalue weighted by Crippen LogP contribution is 2.29. The molecule has 0 bridgehead atoms. The van der Waals surface area contributed by atoms with Crippen LogP contribution in [-0.4, -0.2) is 4.98 Å². The summed E-state index contributed by atoms with van der Waals surface area (Å²) in [6.45, 7) is 0. The second-order valence-electron chi connectivity index (χ2n) is 4.64. The molecule has 3 aromatic rings. The van der Waals surface area contributed by atoms with Crippen LogP contribution in [0.3, 0.4) is 0 Å². The van der Waals surface area contributed by atoms with Crippen LogP contribution in [0.4, 0.5) is 17.6 Å². The van der Waals surface area contributed by atoms with E-state index in [-0.39, 0.29) is 5.69 Å². The summed E-state index contributed by atoms with van der Waals surface area (Å²) in [7, 11) is 0. The number of aromatic nitrogens is 1. The molecular weight excluding hydrogens is 294 g/mol. The third kappa shape index (κ3) is 2.45. The number of halogens is 4. The summed E-state index contributed by atoms with van der Waals surface area (Å²) in [5.41, 5.74) is 1.15. The predicted octanol–water partition coefficient (Wildman–Crippen LogP) is 4.97. The average molecular weight is 303 g/mol. The normalized spacial score (nSPS) is 10.7. The van der Waals surface area contributed by atoms with Crippen molar-refractivity contribution in [3.05, 3.63) is 78.0 Å². The van der Waals surface area contributed by atoms with E-state index >= 15 is 0 Å². The molecule has 0 unspecified atom stereocenters. The number of benzene rings is 2. The summed E-state index contributed by atoms with van der Waals surface area (Å²) in [6.07, 6.45) is 1.40. The van der Waals surface area contributed by atoms with Gasteiger partial charge < -0.3 is 0 Å². The van der Waals surface area contributed by atoms with E-state index in [1.807, 2.05) is 30.3 Å². The van der Waals surface area contributed by atoms with Crippen molar-refractivity contribution in [2.75, 3.05) is 0 Å². The fourth-order valence-corrected chi connectivity index (χ4v) is 2.15. The molecule has 0 fully saturated rings. The lowest BCUT2D eigenvalue weighted by Crippen LogP contribution is -1.99. The molecule has 0 saturated heterocycles. The summed E-state index contributed by atoms with van der Waals surface area (Å²) in [5, 5.41) is 0. The fourth-order valence-electron chi connectivity index (χ4n) is 2.15. The summed E-state index contributed by atoms with van der Waals surface area (Å²) >= 11 is 0. The van der Waals surface area contributed by atoms with Crippen LogP contribution in [0.25, 0.3) is 22.4 Å². The zero-order valence-corrected chi connectivity index (χ0v) is 11.2. The van der Waals surface area contributed by atoms with Crippen molar-refractivity contribution in [3.63, 3.8) is 0 Å². The van der Waals surface area contributed by atoms with Crippen molar-refractivity contribution in [1.29, 1.82) is 0 Å². The minimum Gasteiger partial charge on any atom is -0.256 e. The molecule has 3 rings (SSSR count). The van der Waals surface area contributed by atoms with Gasteiger partial charge in [0.1, 0.15) is 0 Å². The van der Waals surface area contributed by atoms with Gasteiger partial charge in [-0.1, -0.05) is 30.3 Å². The zero-order valence-electron chi connectivity index (χ0n) is 11.2. The summed E-state index contributed by atoms with van der Waals surface area (Å²) in [6, 6.07) is 12.9. The Morgan fingerprint density at radius 2 is 1.41 bits per heavy atom. The monoisotopic (exact) mass is 303 g/mol. The summed E-state index contributed by atoms with van der Waals surface area (Å²) in [5.74, 6) is -6.60. The highest BCUT2D eigenvalue weighted by atomic mass is 19.2. The van der Waals surface area contributed by atoms with Crippen LogP contribution < -0.4 is 0 Å². The van der Waals surface area contributed by atoms with Crippen LogP contribution >= 0.6 is 0 Å². The first-order valence-electron chi connectivity index (χ1n) is 6.43. The van der Waals surface area contributed by atoms with Gasteiger partial charge in [0.2, 0.25) is 0 Å². The maximum Gasteiger partial charge on any atom is 0.198 e. The molecule has 5 heteroatoms. The Kier molecular flexibility index (Phi) is 3.63. The summed E-state index contributed by atoms with van der Waals surface area (Å²) in [4.78, 5) is 3.91. The molecule has 0 aliphatic carbocycles. The lowest BCUT2D eigenvalue weighted by atomic mass is 10.0. The minimum absolute atomic E-state index is 0.0247. The van der Waals surface area contributed by atoms with Gasteiger partial charge in [-0.3, -0.25) is 4.98 Å². The number of hydrogen-bond donors (Lipinski definition) is 0. The maximum atomic E-state index is 13.8. The van der Waals surface area contributed by atoms with Crippen molar-refractivity contribution in [3.8, 4) is 22.4 Å². The van der Waals surface area contributed by atoms with Gasteiger partial charge in [0, 0.05) is 11.8 Å². The molecule has 1 nitrogen and oxygen atoms in total. The third-order valence-corrected chi connectivity index (χ3v) is 3.25. The zero-order chi connectivity index (χ0) is 15.7. The van der Waals surface area contributed by atoms with Crippen molar-refractivity contribution in [2.45, 2.75) is 0 Å². The van der Waals surface area contributed by atoms with Crippen molar-refractivity contribution < 1.29 is 17.6 Å². The van der Waals surface area contributed by atoms with Crippen LogP contribution in [0.1, 0.15) is 0 Å². The molecule has 0 spiro atoms. The van der Waals surface area contributed by atoms with Crippen LogP contribution in [0, 0.1) is 23.3 Å². The molecule has 0 amide bonds. The first-order valence-corrected chi connectivity index (χ1v) is 6.43. The molecule has 0 saturated carbocycles. The molecule has 0 N–H and O–H groups in total. The smallest absolute Gasteiger partial charge is 0.198 e. The van der Waals surface area contributed by atoms with Crippen LogP contribution in [0.2, 0.25) is 0 Å². The number of rotatable bonds is 2. The van der Waals surface area contributed by atoms with Crippen LogP contribution in [-0.2, 0) is 0 Å². The Labute approximate surface area is 123 Å². The number of hydrogen-bond acceptors (Lipinski definition) is 1. The number of nitrogens with zero attached hydrogens (tertiary/aromatic N) is 1. The standard InChI is InChI=1S/C17H9F4N/c18-13-9-12(15(19)17(21)16(13)20)14-8-11(6-7-22-14)10-4-2-1-3-5-10/h1-9H. The fraction of sp³-hybridized carbons (Fsp3) is 0. The first-order chi connectivity index (χ1) is 10.6. The van der Waals surface area contributed by atoms with Crippen LogP contribution in [0.15, 0.2) is 54.7 Å². The summed E-state index contributed by atoms with van der Waals surface area (Å²) < 4.78 is 53.5. The van der Waals surface area contributed by atoms with E-state index in [2.05, 4.69) is 4.98 Å². The van der Waals surface area contributed by atoms with E-state index in [9.17, 15) is 17.6 Å². The molecule has 110 valence electrons. The van der Waals surface area contributed by atoms with Gasteiger partial charge in [0.05, 0.1) is 5.69 Å². The van der Waals surface area contributed by atoms with Gasteiger partial charge in [0.25, 0.3) is 0 Å². The third-order valence-electron chi connectivity index (χ3n) is 3.25. The topological polar surface area (TPSA) is 12.9 Å². The number of pyridine rings is 1. The second kappa shape index (κ2) is 5.60. The molecule has 0 radical (unpaired) electrons. The highest BCUT2D eigenvalue weighted by Gasteiger charge is 2.20. The molecule has 1 heterocycles. The Hall–Kier alpha value is -2.69. The maximum absolute atomic E-state index is 13.8. The Balaban J connectivity index is 2.15. The molecule has 0 atom stereocenters. The van der Waals surface area contributed by atoms with E-state index in [1.165, 1.54) is 12.3 Å². The minimum atomic E-state index is -1.85. The Morgan fingerprint density at radius 1 is 0.682 bits per heavy atom. The Bertz CT molecular complexity index is 832. The van der Waals surface area contributed by atoms with Gasteiger partial charge in [0.15, 0.2) is 23.3 Å². The van der Waals surface area contributed by atoms with Gasteiger partial charge in [-0.05, 0) is 29.3 Å². The van der Waals surface area contributed by atoms with E-state index < -0.39 is 28.8 Å². The van der Waals surface area contributed by atoms with Crippen molar-refractivity contribution in [2.24, 2.45) is 0 Å². The van der Waals surface area contributed by atoms with E-state index in [1.54, 1.807) is 6.07 Å². The largest absolute Gasteiger partial charge is 0.256 e. The van der Waals surface area contributed by atoms with Crippen molar-refractivity contribution in [1.82, 2.24) is 4.98 Å². The van der Waals surface area contributed by atoms with Gasteiger partial charge >= 0.3 is 0 Å². The van der Waals surface area contributed by atoms with Crippen molar-refractivity contribution >= 4 is 0 Å². The molecule has 2 aromatic carbocycles. The molecule has 1 aromatic heterocycles. The Morgan fingerprint density at radius 3 is 2.14 bits per heavy atom. The van der Waals surface area contributed by atoms with Gasteiger partial charge in [-0.15, -0.1) is 0 Å². The quantitative estimate of drug-likeness (QED) is 0.370. The molecular formula is C17H9F4N. The highest BCUT2D eigenvalue weighted by molar-refractivity contribution is 5.70. The molecule has 22 heavy (non-hydrogen) atoms. The molecule has 0 aliphatic heterocycles. The lowest BCUT2D eigenvalue weighted by molar-refractivity contribution is 0.410. The predicted molar refractivity (Wildman–Crippen MR) is 74.9 cm³/mol. The SMILES string of the molecule is Fc1cc(-c2cc(-c3ccccc3)ccn2)c(F)c(F)c1F.